The van der Waals surface area contributed by atoms with E-state index in [1.54, 1.807) is 0 Å². The molecule has 1 aliphatic rings. The Balaban J connectivity index is 2.20. The van der Waals surface area contributed by atoms with Crippen molar-refractivity contribution in [3.05, 3.63) is 35.4 Å². The highest BCUT2D eigenvalue weighted by Gasteiger charge is 2.51. The van der Waals surface area contributed by atoms with Gasteiger partial charge >= 0.3 is 0 Å². The topological polar surface area (TPSA) is 46.2 Å². The van der Waals surface area contributed by atoms with Crippen LogP contribution in [0.25, 0.3) is 0 Å². The molecule has 2 heteroatoms. The van der Waals surface area contributed by atoms with Gasteiger partial charge in [0.05, 0.1) is 6.10 Å². The molecule has 0 heterocycles. The van der Waals surface area contributed by atoms with E-state index in [1.165, 1.54) is 11.1 Å². The summed E-state index contributed by atoms with van der Waals surface area (Å²) in [5.74, 6) is 0.471. The van der Waals surface area contributed by atoms with E-state index in [2.05, 4.69) is 32.9 Å². The smallest absolute Gasteiger partial charge is 0.0654 e. The Morgan fingerprint density at radius 1 is 1.41 bits per heavy atom. The minimum atomic E-state index is -0.309. The minimum Gasteiger partial charge on any atom is -0.392 e. The molecule has 3 unspecified atom stereocenters. The summed E-state index contributed by atoms with van der Waals surface area (Å²) in [5, 5.41) is 10.5. The summed E-state index contributed by atoms with van der Waals surface area (Å²) in [7, 11) is 0. The van der Waals surface area contributed by atoms with Crippen LogP contribution < -0.4 is 5.73 Å². The van der Waals surface area contributed by atoms with Gasteiger partial charge in [-0.25, -0.2) is 0 Å². The fraction of sp³-hybridized carbons (Fsp3) is 0.600. The normalized spacial score (nSPS) is 25.4. The second kappa shape index (κ2) is 4.43. The van der Waals surface area contributed by atoms with Crippen molar-refractivity contribution in [3.63, 3.8) is 0 Å². The molecule has 0 amide bonds. The first kappa shape index (κ1) is 12.6. The molecular formula is C15H23NO. The maximum absolute atomic E-state index is 10.5. The van der Waals surface area contributed by atoms with Gasteiger partial charge in [-0.05, 0) is 35.8 Å². The van der Waals surface area contributed by atoms with Gasteiger partial charge in [0.1, 0.15) is 0 Å². The zero-order valence-electron chi connectivity index (χ0n) is 11.0. The Morgan fingerprint density at radius 2 is 2.00 bits per heavy atom. The maximum Gasteiger partial charge on any atom is 0.0654 e. The van der Waals surface area contributed by atoms with Crippen molar-refractivity contribution < 1.29 is 5.11 Å². The van der Waals surface area contributed by atoms with Crippen molar-refractivity contribution in [2.24, 2.45) is 17.1 Å². The molecule has 2 nitrogen and oxygen atoms in total. The quantitative estimate of drug-likeness (QED) is 0.839. The van der Waals surface area contributed by atoms with Crippen molar-refractivity contribution in [1.29, 1.82) is 0 Å². The molecule has 0 saturated heterocycles. The summed E-state index contributed by atoms with van der Waals surface area (Å²) in [6.07, 6.45) is 0.799. The Hall–Kier alpha value is -0.860. The van der Waals surface area contributed by atoms with Gasteiger partial charge in [0.2, 0.25) is 0 Å². The summed E-state index contributed by atoms with van der Waals surface area (Å²) in [4.78, 5) is 0. The molecule has 3 atom stereocenters. The van der Waals surface area contributed by atoms with Crippen LogP contribution >= 0.6 is 0 Å². The van der Waals surface area contributed by atoms with Crippen molar-refractivity contribution in [1.82, 2.24) is 0 Å². The highest BCUT2D eigenvalue weighted by Crippen LogP contribution is 2.55. The van der Waals surface area contributed by atoms with E-state index in [0.29, 0.717) is 12.5 Å². The first-order chi connectivity index (χ1) is 7.97. The highest BCUT2D eigenvalue weighted by atomic mass is 16.3. The van der Waals surface area contributed by atoms with Crippen LogP contribution in [0.1, 0.15) is 37.3 Å². The van der Waals surface area contributed by atoms with Crippen molar-refractivity contribution in [2.45, 2.75) is 39.2 Å². The molecule has 0 radical (unpaired) electrons. The summed E-state index contributed by atoms with van der Waals surface area (Å²) >= 11 is 0. The van der Waals surface area contributed by atoms with Gasteiger partial charge in [-0.15, -0.1) is 0 Å². The van der Waals surface area contributed by atoms with E-state index >= 15 is 0 Å². The molecule has 94 valence electrons. The number of aliphatic hydroxyl groups is 1. The molecule has 1 aromatic carbocycles. The van der Waals surface area contributed by atoms with Crippen LogP contribution in [-0.4, -0.2) is 17.8 Å². The molecular weight excluding hydrogens is 210 g/mol. The van der Waals surface area contributed by atoms with Crippen LogP contribution in [-0.2, 0) is 0 Å². The van der Waals surface area contributed by atoms with Crippen LogP contribution in [0, 0.1) is 18.3 Å². The van der Waals surface area contributed by atoms with Crippen LogP contribution in [0.15, 0.2) is 24.3 Å². The standard InChI is InChI=1S/C15H23NO/c1-10-6-4-5-7-11(10)12(9-16)14(17)13-8-15(13,2)3/h4-7,12-14,17H,8-9,16H2,1-3H3. The Labute approximate surface area is 104 Å². The van der Waals surface area contributed by atoms with Gasteiger partial charge in [0.25, 0.3) is 0 Å². The molecule has 3 N–H and O–H groups in total. The number of aliphatic hydroxyl groups excluding tert-OH is 1. The van der Waals surface area contributed by atoms with Crippen LogP contribution in [0.5, 0.6) is 0 Å². The van der Waals surface area contributed by atoms with E-state index in [0.717, 1.165) is 6.42 Å². The van der Waals surface area contributed by atoms with E-state index < -0.39 is 0 Å². The summed E-state index contributed by atoms with van der Waals surface area (Å²) in [6.45, 7) is 7.03. The second-order valence-corrected chi connectivity index (χ2v) is 5.99. The van der Waals surface area contributed by atoms with Crippen LogP contribution in [0.3, 0.4) is 0 Å². The molecule has 0 spiro atoms. The molecule has 1 aliphatic carbocycles. The zero-order valence-corrected chi connectivity index (χ0v) is 11.0. The van der Waals surface area contributed by atoms with Crippen molar-refractivity contribution in [2.75, 3.05) is 6.54 Å². The van der Waals surface area contributed by atoms with Crippen molar-refractivity contribution >= 4 is 0 Å². The fourth-order valence-electron chi connectivity index (χ4n) is 2.82. The molecule has 1 aromatic rings. The fourth-order valence-corrected chi connectivity index (χ4v) is 2.82. The summed E-state index contributed by atoms with van der Waals surface area (Å²) in [5.41, 5.74) is 8.58. The predicted molar refractivity (Wildman–Crippen MR) is 70.9 cm³/mol. The first-order valence-electron chi connectivity index (χ1n) is 6.41. The molecule has 0 aromatic heterocycles. The molecule has 0 bridgehead atoms. The average molecular weight is 233 g/mol. The van der Waals surface area contributed by atoms with E-state index in [4.69, 9.17) is 5.73 Å². The molecule has 17 heavy (non-hydrogen) atoms. The number of nitrogens with two attached hydrogens (primary N) is 1. The predicted octanol–water partition coefficient (Wildman–Crippen LogP) is 2.44. The maximum atomic E-state index is 10.5. The third-order valence-electron chi connectivity index (χ3n) is 4.26. The number of aryl methyl sites for hydroxylation is 1. The first-order valence-corrected chi connectivity index (χ1v) is 6.41. The average Bonchev–Trinajstić information content (AvgIpc) is 2.91. The third-order valence-corrected chi connectivity index (χ3v) is 4.26. The number of benzene rings is 1. The zero-order chi connectivity index (χ0) is 12.6. The lowest BCUT2D eigenvalue weighted by atomic mass is 9.86. The number of rotatable bonds is 4. The van der Waals surface area contributed by atoms with Crippen molar-refractivity contribution in [3.8, 4) is 0 Å². The largest absolute Gasteiger partial charge is 0.392 e. The highest BCUT2D eigenvalue weighted by molar-refractivity contribution is 5.31. The van der Waals surface area contributed by atoms with Gasteiger partial charge in [-0.2, -0.15) is 0 Å². The lowest BCUT2D eigenvalue weighted by molar-refractivity contribution is 0.109. The molecule has 1 saturated carbocycles. The van der Waals surface area contributed by atoms with Crippen LogP contribution in [0.2, 0.25) is 0 Å². The Morgan fingerprint density at radius 3 is 2.47 bits per heavy atom. The summed E-state index contributed by atoms with van der Waals surface area (Å²) < 4.78 is 0. The van der Waals surface area contributed by atoms with Gasteiger partial charge in [0, 0.05) is 12.5 Å². The minimum absolute atomic E-state index is 0.0722. The van der Waals surface area contributed by atoms with Gasteiger partial charge in [0.15, 0.2) is 0 Å². The lowest BCUT2D eigenvalue weighted by Crippen LogP contribution is -2.29. The molecule has 0 aliphatic heterocycles. The van der Waals surface area contributed by atoms with E-state index in [9.17, 15) is 5.11 Å². The number of hydrogen-bond acceptors (Lipinski definition) is 2. The van der Waals surface area contributed by atoms with Gasteiger partial charge in [-0.3, -0.25) is 0 Å². The van der Waals surface area contributed by atoms with Gasteiger partial charge < -0.3 is 10.8 Å². The third kappa shape index (κ3) is 2.38. The van der Waals surface area contributed by atoms with E-state index in [1.807, 2.05) is 12.1 Å². The Kier molecular flexibility index (Phi) is 3.28. The monoisotopic (exact) mass is 233 g/mol. The van der Waals surface area contributed by atoms with E-state index in [-0.39, 0.29) is 17.4 Å². The SMILES string of the molecule is Cc1ccccc1C(CN)C(O)C1CC1(C)C. The van der Waals surface area contributed by atoms with Gasteiger partial charge in [-0.1, -0.05) is 38.1 Å². The summed E-state index contributed by atoms with van der Waals surface area (Å²) in [6, 6.07) is 8.23. The van der Waals surface area contributed by atoms with Crippen LogP contribution in [0.4, 0.5) is 0 Å². The molecule has 2 rings (SSSR count). The Bertz CT molecular complexity index is 400. The lowest BCUT2D eigenvalue weighted by Gasteiger charge is -2.24. The number of hydrogen-bond donors (Lipinski definition) is 2. The molecule has 1 fully saturated rings. The second-order valence-electron chi connectivity index (χ2n) is 5.99.